The summed E-state index contributed by atoms with van der Waals surface area (Å²) in [4.78, 5) is 11.7. The molecule has 0 aliphatic heterocycles. The Balaban J connectivity index is 2.37. The van der Waals surface area contributed by atoms with Gasteiger partial charge in [0.15, 0.2) is 0 Å². The molecule has 0 unspecified atom stereocenters. The van der Waals surface area contributed by atoms with Crippen LogP contribution in [-0.2, 0) is 11.2 Å². The SMILES string of the molecule is COC(=O)c1ccc(O)cc1CCCCCCCC(C)C. The normalized spacial score (nSPS) is 10.9. The third kappa shape index (κ3) is 6.65. The number of aryl methyl sites for hydroxylation is 1. The van der Waals surface area contributed by atoms with E-state index in [1.165, 1.54) is 38.9 Å². The molecule has 21 heavy (non-hydrogen) atoms. The van der Waals surface area contributed by atoms with Gasteiger partial charge in [0.1, 0.15) is 5.75 Å². The molecule has 118 valence electrons. The summed E-state index contributed by atoms with van der Waals surface area (Å²) in [5.74, 6) is 0.663. The molecule has 3 heteroatoms. The van der Waals surface area contributed by atoms with E-state index in [1.54, 1.807) is 12.1 Å². The standard InChI is InChI=1S/C18H28O3/c1-14(2)9-7-5-4-6-8-10-15-13-16(19)11-12-17(15)18(20)21-3/h11-14,19H,4-10H2,1-3H3. The van der Waals surface area contributed by atoms with E-state index in [-0.39, 0.29) is 11.7 Å². The van der Waals surface area contributed by atoms with Crippen LogP contribution in [0.3, 0.4) is 0 Å². The summed E-state index contributed by atoms with van der Waals surface area (Å²) in [5, 5.41) is 9.56. The van der Waals surface area contributed by atoms with Gasteiger partial charge in [-0.1, -0.05) is 46.0 Å². The minimum Gasteiger partial charge on any atom is -0.508 e. The highest BCUT2D eigenvalue weighted by Gasteiger charge is 2.12. The second kappa shape index (κ2) is 9.43. The number of phenolic OH excluding ortho intramolecular Hbond substituents is 1. The number of hydrogen-bond acceptors (Lipinski definition) is 3. The van der Waals surface area contributed by atoms with E-state index in [2.05, 4.69) is 13.8 Å². The Labute approximate surface area is 128 Å². The van der Waals surface area contributed by atoms with E-state index in [1.807, 2.05) is 0 Å². The van der Waals surface area contributed by atoms with Gasteiger partial charge in [0.25, 0.3) is 0 Å². The van der Waals surface area contributed by atoms with Gasteiger partial charge in [0.05, 0.1) is 12.7 Å². The van der Waals surface area contributed by atoms with Crippen molar-refractivity contribution < 1.29 is 14.6 Å². The Kier molecular flexibility index (Phi) is 7.88. The van der Waals surface area contributed by atoms with Gasteiger partial charge in [0.2, 0.25) is 0 Å². The second-order valence-corrected chi connectivity index (χ2v) is 6.03. The molecule has 0 aliphatic rings. The molecule has 0 radical (unpaired) electrons. The van der Waals surface area contributed by atoms with E-state index in [0.717, 1.165) is 30.7 Å². The van der Waals surface area contributed by atoms with E-state index in [4.69, 9.17) is 4.74 Å². The molecule has 0 saturated carbocycles. The second-order valence-electron chi connectivity index (χ2n) is 6.03. The van der Waals surface area contributed by atoms with Gasteiger partial charge >= 0.3 is 5.97 Å². The minimum atomic E-state index is -0.332. The average Bonchev–Trinajstić information content (AvgIpc) is 2.45. The number of rotatable bonds is 9. The van der Waals surface area contributed by atoms with Gasteiger partial charge in [0, 0.05) is 0 Å². The smallest absolute Gasteiger partial charge is 0.338 e. The van der Waals surface area contributed by atoms with Crippen molar-refractivity contribution in [3.8, 4) is 5.75 Å². The lowest BCUT2D eigenvalue weighted by molar-refractivity contribution is 0.0599. The largest absolute Gasteiger partial charge is 0.508 e. The quantitative estimate of drug-likeness (QED) is 0.529. The van der Waals surface area contributed by atoms with Crippen LogP contribution in [0.4, 0.5) is 0 Å². The van der Waals surface area contributed by atoms with Crippen LogP contribution < -0.4 is 0 Å². The summed E-state index contributed by atoms with van der Waals surface area (Å²) in [5.41, 5.74) is 1.44. The van der Waals surface area contributed by atoms with Crippen molar-refractivity contribution in [3.05, 3.63) is 29.3 Å². The molecular weight excluding hydrogens is 264 g/mol. The molecule has 1 N–H and O–H groups in total. The monoisotopic (exact) mass is 292 g/mol. The van der Waals surface area contributed by atoms with Crippen molar-refractivity contribution in [2.75, 3.05) is 7.11 Å². The number of esters is 1. The molecule has 0 spiro atoms. The molecule has 3 nitrogen and oxygen atoms in total. The maximum Gasteiger partial charge on any atom is 0.338 e. The number of hydrogen-bond donors (Lipinski definition) is 1. The van der Waals surface area contributed by atoms with Crippen LogP contribution in [0.15, 0.2) is 18.2 Å². The number of phenols is 1. The molecular formula is C18H28O3. The lowest BCUT2D eigenvalue weighted by Gasteiger charge is -2.09. The topological polar surface area (TPSA) is 46.5 Å². The summed E-state index contributed by atoms with van der Waals surface area (Å²) < 4.78 is 4.78. The van der Waals surface area contributed by atoms with Crippen molar-refractivity contribution in [3.63, 3.8) is 0 Å². The molecule has 0 aromatic heterocycles. The molecule has 1 rings (SSSR count). The van der Waals surface area contributed by atoms with Crippen LogP contribution in [0.1, 0.15) is 68.3 Å². The zero-order valence-corrected chi connectivity index (χ0v) is 13.5. The van der Waals surface area contributed by atoms with Crippen LogP contribution in [0.2, 0.25) is 0 Å². The first-order valence-corrected chi connectivity index (χ1v) is 7.94. The van der Waals surface area contributed by atoms with Gasteiger partial charge < -0.3 is 9.84 Å². The maximum absolute atomic E-state index is 11.7. The first kappa shape index (κ1) is 17.5. The summed E-state index contributed by atoms with van der Waals surface area (Å²) >= 11 is 0. The van der Waals surface area contributed by atoms with Gasteiger partial charge in [-0.15, -0.1) is 0 Å². The van der Waals surface area contributed by atoms with E-state index in [9.17, 15) is 9.90 Å². The molecule has 1 aromatic carbocycles. The van der Waals surface area contributed by atoms with Crippen molar-refractivity contribution in [2.45, 2.75) is 58.8 Å². The fraction of sp³-hybridized carbons (Fsp3) is 0.611. The molecule has 0 amide bonds. The Morgan fingerprint density at radius 1 is 1.14 bits per heavy atom. The van der Waals surface area contributed by atoms with Crippen LogP contribution in [0.5, 0.6) is 5.75 Å². The van der Waals surface area contributed by atoms with Crippen molar-refractivity contribution in [2.24, 2.45) is 5.92 Å². The number of unbranched alkanes of at least 4 members (excludes halogenated alkanes) is 4. The van der Waals surface area contributed by atoms with Gasteiger partial charge in [-0.05, 0) is 42.5 Å². The van der Waals surface area contributed by atoms with Gasteiger partial charge in [-0.3, -0.25) is 0 Å². The van der Waals surface area contributed by atoms with E-state index >= 15 is 0 Å². The molecule has 0 heterocycles. The van der Waals surface area contributed by atoms with Crippen LogP contribution in [-0.4, -0.2) is 18.2 Å². The highest BCUT2D eigenvalue weighted by molar-refractivity contribution is 5.91. The Morgan fingerprint density at radius 2 is 1.81 bits per heavy atom. The molecule has 0 saturated heterocycles. The summed E-state index contributed by atoms with van der Waals surface area (Å²) in [7, 11) is 1.38. The predicted molar refractivity (Wildman–Crippen MR) is 85.7 cm³/mol. The summed E-state index contributed by atoms with van der Waals surface area (Å²) in [6.45, 7) is 4.52. The molecule has 0 fully saturated rings. The van der Waals surface area contributed by atoms with Crippen molar-refractivity contribution in [1.82, 2.24) is 0 Å². The highest BCUT2D eigenvalue weighted by Crippen LogP contribution is 2.20. The minimum absolute atomic E-state index is 0.203. The first-order valence-electron chi connectivity index (χ1n) is 7.94. The highest BCUT2D eigenvalue weighted by atomic mass is 16.5. The predicted octanol–water partition coefficient (Wildman–Crippen LogP) is 4.72. The number of carbonyl (C=O) groups is 1. The molecule has 0 atom stereocenters. The molecule has 0 aliphatic carbocycles. The van der Waals surface area contributed by atoms with E-state index in [0.29, 0.717) is 5.56 Å². The fourth-order valence-electron chi connectivity index (χ4n) is 2.49. The number of benzene rings is 1. The zero-order valence-electron chi connectivity index (χ0n) is 13.5. The zero-order chi connectivity index (χ0) is 15.7. The van der Waals surface area contributed by atoms with Gasteiger partial charge in [-0.2, -0.15) is 0 Å². The number of methoxy groups -OCH3 is 1. The fourth-order valence-corrected chi connectivity index (χ4v) is 2.49. The number of aromatic hydroxyl groups is 1. The maximum atomic E-state index is 11.7. The lowest BCUT2D eigenvalue weighted by atomic mass is 9.99. The average molecular weight is 292 g/mol. The van der Waals surface area contributed by atoms with Crippen LogP contribution in [0, 0.1) is 5.92 Å². The number of carbonyl (C=O) groups excluding carboxylic acids is 1. The number of ether oxygens (including phenoxy) is 1. The van der Waals surface area contributed by atoms with Crippen molar-refractivity contribution in [1.29, 1.82) is 0 Å². The molecule has 1 aromatic rings. The molecule has 0 bridgehead atoms. The Hall–Kier alpha value is -1.51. The Bertz CT molecular complexity index is 438. The first-order chi connectivity index (χ1) is 10.0. The summed E-state index contributed by atoms with van der Waals surface area (Å²) in [6, 6.07) is 4.84. The van der Waals surface area contributed by atoms with Crippen molar-refractivity contribution >= 4 is 5.97 Å². The lowest BCUT2D eigenvalue weighted by Crippen LogP contribution is -2.05. The summed E-state index contributed by atoms with van der Waals surface area (Å²) in [6.07, 6.45) is 8.13. The Morgan fingerprint density at radius 3 is 2.48 bits per heavy atom. The van der Waals surface area contributed by atoms with Crippen LogP contribution in [0.25, 0.3) is 0 Å². The van der Waals surface area contributed by atoms with E-state index < -0.39 is 0 Å². The van der Waals surface area contributed by atoms with Crippen LogP contribution >= 0.6 is 0 Å². The third-order valence-electron chi connectivity index (χ3n) is 3.72. The third-order valence-corrected chi connectivity index (χ3v) is 3.72. The van der Waals surface area contributed by atoms with Gasteiger partial charge in [-0.25, -0.2) is 4.79 Å².